The highest BCUT2D eigenvalue weighted by atomic mass is 35.5. The normalized spacial score (nSPS) is 14.9. The van der Waals surface area contributed by atoms with Crippen molar-refractivity contribution < 1.29 is 19.1 Å². The first-order valence-corrected chi connectivity index (χ1v) is 14.3. The third kappa shape index (κ3) is 6.35. The Morgan fingerprint density at radius 2 is 1.93 bits per heavy atom. The number of rotatable bonds is 7. The number of anilines is 1. The van der Waals surface area contributed by atoms with E-state index in [9.17, 15) is 14.4 Å². The van der Waals surface area contributed by atoms with Gasteiger partial charge in [-0.3, -0.25) is 19.6 Å². The Morgan fingerprint density at radius 3 is 2.67 bits per heavy atom. The van der Waals surface area contributed by atoms with Gasteiger partial charge in [-0.2, -0.15) is 0 Å². The lowest BCUT2D eigenvalue weighted by Crippen LogP contribution is -2.19. The quantitative estimate of drug-likeness (QED) is 0.181. The molecule has 0 aliphatic carbocycles. The van der Waals surface area contributed by atoms with E-state index in [0.717, 1.165) is 16.5 Å². The number of esters is 1. The number of pyridine rings is 2. The van der Waals surface area contributed by atoms with Crippen molar-refractivity contribution in [3.8, 4) is 11.1 Å². The summed E-state index contributed by atoms with van der Waals surface area (Å²) in [6, 6.07) is 14.2. The Balaban J connectivity index is 1.49. The van der Waals surface area contributed by atoms with Gasteiger partial charge in [-0.15, -0.1) is 0 Å². The van der Waals surface area contributed by atoms with Gasteiger partial charge in [-0.25, -0.2) is 9.79 Å². The molecule has 1 aliphatic heterocycles. The number of amides is 2. The topological polar surface area (TPSA) is 123 Å². The number of nitrogens with zero attached hydrogens (tertiary/aromatic N) is 3. The second-order valence-electron chi connectivity index (χ2n) is 9.57. The Hall–Kier alpha value is -4.54. The molecule has 2 aromatic carbocycles. The summed E-state index contributed by atoms with van der Waals surface area (Å²) >= 11 is 7.52. The average Bonchev–Trinajstić information content (AvgIpc) is 3.32. The molecule has 2 amide bonds. The van der Waals surface area contributed by atoms with Crippen molar-refractivity contribution in [2.24, 2.45) is 10.9 Å². The van der Waals surface area contributed by atoms with Gasteiger partial charge in [-0.05, 0) is 78.4 Å². The molecule has 2 aromatic heterocycles. The summed E-state index contributed by atoms with van der Waals surface area (Å²) in [5, 5.41) is 7.05. The summed E-state index contributed by atoms with van der Waals surface area (Å²) in [4.78, 5) is 51.3. The number of aromatic nitrogens is 2. The number of nitrogens with one attached hydrogen (secondary N) is 2. The lowest BCUT2D eigenvalue weighted by atomic mass is 9.96. The van der Waals surface area contributed by atoms with E-state index in [2.05, 4.69) is 25.6 Å². The van der Waals surface area contributed by atoms with Crippen LogP contribution in [-0.2, 0) is 14.3 Å². The van der Waals surface area contributed by atoms with Crippen LogP contribution in [0.5, 0.6) is 0 Å². The Kier molecular flexibility index (Phi) is 8.65. The highest BCUT2D eigenvalue weighted by Gasteiger charge is 2.25. The number of benzene rings is 2. The van der Waals surface area contributed by atoms with Gasteiger partial charge in [0.15, 0.2) is 5.17 Å². The van der Waals surface area contributed by atoms with E-state index >= 15 is 0 Å². The molecule has 9 nitrogen and oxygen atoms in total. The molecular formula is C31H26ClN5O4S. The lowest BCUT2D eigenvalue weighted by molar-refractivity contribution is -0.119. The molecule has 1 aliphatic rings. The summed E-state index contributed by atoms with van der Waals surface area (Å²) in [7, 11) is 0. The Morgan fingerprint density at radius 1 is 1.14 bits per heavy atom. The summed E-state index contributed by atoms with van der Waals surface area (Å²) in [6.07, 6.45) is 6.58. The number of amidine groups is 1. The first-order valence-electron chi connectivity index (χ1n) is 13.1. The summed E-state index contributed by atoms with van der Waals surface area (Å²) < 4.78 is 5.29. The summed E-state index contributed by atoms with van der Waals surface area (Å²) in [5.74, 6) is -1.10. The van der Waals surface area contributed by atoms with Crippen LogP contribution < -0.4 is 10.6 Å². The van der Waals surface area contributed by atoms with Crippen molar-refractivity contribution in [2.75, 3.05) is 11.9 Å². The van der Waals surface area contributed by atoms with Gasteiger partial charge in [0.05, 0.1) is 33.3 Å². The zero-order chi connectivity index (χ0) is 29.8. The van der Waals surface area contributed by atoms with Crippen molar-refractivity contribution in [1.82, 2.24) is 15.3 Å². The van der Waals surface area contributed by atoms with Crippen molar-refractivity contribution in [3.05, 3.63) is 88.2 Å². The molecule has 1 fully saturated rings. The van der Waals surface area contributed by atoms with Crippen molar-refractivity contribution in [3.63, 3.8) is 0 Å². The van der Waals surface area contributed by atoms with Gasteiger partial charge < -0.3 is 15.4 Å². The van der Waals surface area contributed by atoms with E-state index in [0.29, 0.717) is 43.1 Å². The first kappa shape index (κ1) is 29.0. The number of aliphatic imine (C=N–C) groups is 1. The van der Waals surface area contributed by atoms with Crippen LogP contribution in [0.2, 0.25) is 5.02 Å². The predicted octanol–water partition coefficient (Wildman–Crippen LogP) is 6.61. The SMILES string of the molecule is CCOC(=O)c1cnc2ccc(C=C3SC(=Nc4cc(NC(=O)C(C)C)ccc4Cl)NC3=O)cc2c1-c1ccncc1. The fourth-order valence-corrected chi connectivity index (χ4v) is 5.19. The molecule has 0 bridgehead atoms. The van der Waals surface area contributed by atoms with Gasteiger partial charge in [0.1, 0.15) is 0 Å². The Labute approximate surface area is 251 Å². The fourth-order valence-electron chi connectivity index (χ4n) is 4.20. The summed E-state index contributed by atoms with van der Waals surface area (Å²) in [6.45, 7) is 5.59. The molecule has 0 unspecified atom stereocenters. The Bertz CT molecular complexity index is 1770. The van der Waals surface area contributed by atoms with Crippen LogP contribution >= 0.6 is 23.4 Å². The first-order chi connectivity index (χ1) is 20.2. The standard InChI is InChI=1S/C31H26ClN5O4S/c1-4-41-30(40)22-16-34-24-8-5-18(13-21(24)27(22)19-9-11-33-12-10-19)14-26-29(39)37-31(42-26)36-25-15-20(6-7-23(25)32)35-28(38)17(2)3/h5-17H,4H2,1-3H3,(H,35,38)(H,36,37,39). The molecule has 5 rings (SSSR count). The van der Waals surface area contributed by atoms with E-state index in [-0.39, 0.29) is 24.3 Å². The van der Waals surface area contributed by atoms with Crippen LogP contribution in [0.15, 0.2) is 77.0 Å². The van der Waals surface area contributed by atoms with Crippen LogP contribution in [-0.4, -0.2) is 39.5 Å². The fraction of sp³-hybridized carbons (Fsp3) is 0.161. The molecule has 0 spiro atoms. The minimum atomic E-state index is -0.472. The predicted molar refractivity (Wildman–Crippen MR) is 167 cm³/mol. The second-order valence-corrected chi connectivity index (χ2v) is 11.0. The number of carbonyl (C=O) groups excluding carboxylic acids is 3. The van der Waals surface area contributed by atoms with E-state index in [4.69, 9.17) is 16.3 Å². The molecule has 212 valence electrons. The zero-order valence-corrected chi connectivity index (χ0v) is 24.5. The third-order valence-electron chi connectivity index (χ3n) is 6.27. The molecule has 2 N–H and O–H groups in total. The molecule has 11 heteroatoms. The highest BCUT2D eigenvalue weighted by molar-refractivity contribution is 8.18. The number of halogens is 1. The van der Waals surface area contributed by atoms with E-state index < -0.39 is 5.97 Å². The van der Waals surface area contributed by atoms with E-state index in [1.54, 1.807) is 57.4 Å². The number of ether oxygens (including phenoxy) is 1. The third-order valence-corrected chi connectivity index (χ3v) is 7.49. The van der Waals surface area contributed by atoms with Crippen LogP contribution in [0, 0.1) is 5.92 Å². The lowest BCUT2D eigenvalue weighted by Gasteiger charge is -2.13. The number of hydrogen-bond acceptors (Lipinski definition) is 8. The van der Waals surface area contributed by atoms with Crippen molar-refractivity contribution >= 4 is 74.7 Å². The molecule has 42 heavy (non-hydrogen) atoms. The molecular weight excluding hydrogens is 574 g/mol. The maximum Gasteiger partial charge on any atom is 0.340 e. The minimum absolute atomic E-state index is 0.128. The van der Waals surface area contributed by atoms with Crippen LogP contribution in [0.25, 0.3) is 28.1 Å². The van der Waals surface area contributed by atoms with Crippen LogP contribution in [0.1, 0.15) is 36.7 Å². The largest absolute Gasteiger partial charge is 0.462 e. The monoisotopic (exact) mass is 599 g/mol. The highest BCUT2D eigenvalue weighted by Crippen LogP contribution is 2.35. The van der Waals surface area contributed by atoms with Crippen molar-refractivity contribution in [2.45, 2.75) is 20.8 Å². The second kappa shape index (κ2) is 12.5. The van der Waals surface area contributed by atoms with Crippen LogP contribution in [0.4, 0.5) is 11.4 Å². The van der Waals surface area contributed by atoms with Gasteiger partial charge >= 0.3 is 5.97 Å². The van der Waals surface area contributed by atoms with Crippen LogP contribution in [0.3, 0.4) is 0 Å². The molecule has 0 radical (unpaired) electrons. The minimum Gasteiger partial charge on any atom is -0.462 e. The van der Waals surface area contributed by atoms with Gasteiger partial charge in [0.2, 0.25) is 5.91 Å². The molecule has 1 saturated heterocycles. The van der Waals surface area contributed by atoms with Gasteiger partial charge in [0, 0.05) is 41.1 Å². The maximum atomic E-state index is 12.9. The zero-order valence-electron chi connectivity index (χ0n) is 23.0. The molecule has 3 heterocycles. The number of thioether (sulfide) groups is 1. The smallest absolute Gasteiger partial charge is 0.340 e. The van der Waals surface area contributed by atoms with Crippen molar-refractivity contribution in [1.29, 1.82) is 0 Å². The number of carbonyl (C=O) groups is 3. The number of fused-ring (bicyclic) bond motifs is 1. The molecule has 4 aromatic rings. The van der Waals surface area contributed by atoms with Gasteiger partial charge in [0.25, 0.3) is 5.91 Å². The maximum absolute atomic E-state index is 12.9. The molecule has 0 saturated carbocycles. The summed E-state index contributed by atoms with van der Waals surface area (Å²) in [5.41, 5.74) is 4.18. The molecule has 0 atom stereocenters. The average molecular weight is 600 g/mol. The number of hydrogen-bond donors (Lipinski definition) is 2. The van der Waals surface area contributed by atoms with E-state index in [1.807, 2.05) is 30.3 Å². The van der Waals surface area contributed by atoms with E-state index in [1.165, 1.54) is 18.0 Å². The van der Waals surface area contributed by atoms with Gasteiger partial charge in [-0.1, -0.05) is 31.5 Å².